The topological polar surface area (TPSA) is 52.1 Å². The van der Waals surface area contributed by atoms with Crippen LogP contribution in [0.1, 0.15) is 23.9 Å². The molecule has 1 fully saturated rings. The summed E-state index contributed by atoms with van der Waals surface area (Å²) in [6.07, 6.45) is -0.331. The molecule has 0 bridgehead atoms. The van der Waals surface area contributed by atoms with Gasteiger partial charge in [-0.25, -0.2) is 8.78 Å². The van der Waals surface area contributed by atoms with Crippen molar-refractivity contribution in [2.45, 2.75) is 25.4 Å². The van der Waals surface area contributed by atoms with Crippen molar-refractivity contribution in [1.29, 1.82) is 0 Å². The van der Waals surface area contributed by atoms with Gasteiger partial charge in [-0.3, -0.25) is 10.00 Å². The fourth-order valence-electron chi connectivity index (χ4n) is 1.86. The highest BCUT2D eigenvalue weighted by Crippen LogP contribution is 2.29. The third-order valence-electron chi connectivity index (χ3n) is 2.84. The maximum atomic E-state index is 12.6. The van der Waals surface area contributed by atoms with Crippen LogP contribution >= 0.6 is 15.9 Å². The summed E-state index contributed by atoms with van der Waals surface area (Å²) in [7, 11) is 0. The fraction of sp³-hybridized carbons (Fsp3) is 0.700. The lowest BCUT2D eigenvalue weighted by atomic mass is 10.1. The van der Waals surface area contributed by atoms with Crippen molar-refractivity contribution in [1.82, 2.24) is 15.1 Å². The lowest BCUT2D eigenvalue weighted by Gasteiger charge is -2.38. The molecule has 96 valence electrons. The molecule has 0 saturated carbocycles. The van der Waals surface area contributed by atoms with Crippen LogP contribution in [-0.2, 0) is 0 Å². The van der Waals surface area contributed by atoms with Gasteiger partial charge >= 0.3 is 0 Å². The Morgan fingerprint density at radius 3 is 2.71 bits per heavy atom. The second-order valence-corrected chi connectivity index (χ2v) is 5.21. The first-order valence-corrected chi connectivity index (χ1v) is 6.17. The van der Waals surface area contributed by atoms with Gasteiger partial charge in [-0.15, -0.1) is 0 Å². The Balaban J connectivity index is 1.82. The highest BCUT2D eigenvalue weighted by atomic mass is 79.9. The third-order valence-corrected chi connectivity index (χ3v) is 3.84. The summed E-state index contributed by atoms with van der Waals surface area (Å²) in [5.41, 5.74) is 1.38. The van der Waals surface area contributed by atoms with Gasteiger partial charge in [-0.2, -0.15) is 5.10 Å². The van der Waals surface area contributed by atoms with E-state index in [1.165, 1.54) is 0 Å². The zero-order valence-electron chi connectivity index (χ0n) is 9.38. The average molecular weight is 310 g/mol. The molecule has 1 aromatic rings. The SMILES string of the molecule is Cc1[nH]nc([C@H](O)CCN2CC(F)(F)C2)c1Br. The van der Waals surface area contributed by atoms with Crippen molar-refractivity contribution in [3.05, 3.63) is 15.9 Å². The van der Waals surface area contributed by atoms with E-state index in [0.717, 1.165) is 10.2 Å². The molecule has 2 heterocycles. The molecule has 4 nitrogen and oxygen atoms in total. The monoisotopic (exact) mass is 309 g/mol. The van der Waals surface area contributed by atoms with Crippen molar-refractivity contribution < 1.29 is 13.9 Å². The number of nitrogens with one attached hydrogen (secondary N) is 1. The van der Waals surface area contributed by atoms with Crippen LogP contribution in [0.5, 0.6) is 0 Å². The zero-order chi connectivity index (χ0) is 12.6. The predicted molar refractivity (Wildman–Crippen MR) is 62.0 cm³/mol. The Bertz CT molecular complexity index is 402. The van der Waals surface area contributed by atoms with Crippen LogP contribution in [0.4, 0.5) is 8.78 Å². The number of aliphatic hydroxyl groups excluding tert-OH is 1. The maximum absolute atomic E-state index is 12.6. The molecule has 1 aliphatic rings. The van der Waals surface area contributed by atoms with Gasteiger partial charge in [0.15, 0.2) is 0 Å². The van der Waals surface area contributed by atoms with E-state index >= 15 is 0 Å². The molecule has 2 rings (SSSR count). The minimum Gasteiger partial charge on any atom is -0.387 e. The number of hydrogen-bond acceptors (Lipinski definition) is 3. The van der Waals surface area contributed by atoms with Crippen LogP contribution in [0.2, 0.25) is 0 Å². The van der Waals surface area contributed by atoms with Crippen molar-refractivity contribution in [2.24, 2.45) is 0 Å². The standard InChI is InChI=1S/C10H14BrF2N3O/c1-6-8(11)9(15-14-6)7(17)2-3-16-4-10(12,13)5-16/h7,17H,2-5H2,1H3,(H,14,15)/t7-/m1/s1. The van der Waals surface area contributed by atoms with Gasteiger partial charge in [-0.1, -0.05) is 0 Å². The summed E-state index contributed by atoms with van der Waals surface area (Å²) in [4.78, 5) is 1.62. The van der Waals surface area contributed by atoms with Crippen LogP contribution in [0.15, 0.2) is 4.47 Å². The third kappa shape index (κ3) is 2.83. The molecular formula is C10H14BrF2N3O. The van der Waals surface area contributed by atoms with E-state index < -0.39 is 12.0 Å². The molecule has 17 heavy (non-hydrogen) atoms. The molecule has 0 aromatic carbocycles. The second kappa shape index (κ2) is 4.62. The van der Waals surface area contributed by atoms with Crippen molar-refractivity contribution in [3.63, 3.8) is 0 Å². The highest BCUT2D eigenvalue weighted by Gasteiger charge is 2.43. The molecule has 0 spiro atoms. The Morgan fingerprint density at radius 2 is 2.24 bits per heavy atom. The molecule has 1 aliphatic heterocycles. The van der Waals surface area contributed by atoms with Crippen LogP contribution < -0.4 is 0 Å². The van der Waals surface area contributed by atoms with Crippen molar-refractivity contribution in [3.8, 4) is 0 Å². The number of aliphatic hydroxyl groups is 1. The number of likely N-dealkylation sites (tertiary alicyclic amines) is 1. The number of halogens is 3. The van der Waals surface area contributed by atoms with Gasteiger partial charge in [0.1, 0.15) is 11.8 Å². The van der Waals surface area contributed by atoms with Crippen LogP contribution in [0.3, 0.4) is 0 Å². The first kappa shape index (κ1) is 12.9. The van der Waals surface area contributed by atoms with Gasteiger partial charge in [0, 0.05) is 12.2 Å². The highest BCUT2D eigenvalue weighted by molar-refractivity contribution is 9.10. The van der Waals surface area contributed by atoms with Gasteiger partial charge in [0.2, 0.25) is 0 Å². The number of aromatic amines is 1. The van der Waals surface area contributed by atoms with E-state index in [-0.39, 0.29) is 13.1 Å². The zero-order valence-corrected chi connectivity index (χ0v) is 11.0. The van der Waals surface area contributed by atoms with Crippen molar-refractivity contribution in [2.75, 3.05) is 19.6 Å². The first-order valence-electron chi connectivity index (χ1n) is 5.38. The normalized spacial score (nSPS) is 21.2. The van der Waals surface area contributed by atoms with Crippen molar-refractivity contribution >= 4 is 15.9 Å². The van der Waals surface area contributed by atoms with Crippen LogP contribution in [-0.4, -0.2) is 45.8 Å². The smallest absolute Gasteiger partial charge is 0.272 e. The van der Waals surface area contributed by atoms with E-state index in [1.54, 1.807) is 4.90 Å². The minimum atomic E-state index is -2.55. The number of aryl methyl sites for hydroxylation is 1. The molecule has 0 unspecified atom stereocenters. The lowest BCUT2D eigenvalue weighted by Crippen LogP contribution is -2.56. The Kier molecular flexibility index (Phi) is 3.51. The number of hydrogen-bond donors (Lipinski definition) is 2. The average Bonchev–Trinajstić information content (AvgIpc) is 2.53. The number of alkyl halides is 2. The van der Waals surface area contributed by atoms with Gasteiger partial charge in [0.25, 0.3) is 5.92 Å². The van der Waals surface area contributed by atoms with Gasteiger partial charge in [0.05, 0.1) is 17.6 Å². The molecule has 0 aliphatic carbocycles. The van der Waals surface area contributed by atoms with Gasteiger partial charge in [-0.05, 0) is 29.3 Å². The van der Waals surface area contributed by atoms with Gasteiger partial charge < -0.3 is 5.11 Å². The van der Waals surface area contributed by atoms with E-state index in [4.69, 9.17) is 0 Å². The first-order chi connectivity index (χ1) is 7.89. The lowest BCUT2D eigenvalue weighted by molar-refractivity contribution is -0.132. The summed E-state index contributed by atoms with van der Waals surface area (Å²) in [5, 5.41) is 16.6. The summed E-state index contributed by atoms with van der Waals surface area (Å²) in [6.45, 7) is 1.87. The summed E-state index contributed by atoms with van der Waals surface area (Å²) >= 11 is 3.32. The summed E-state index contributed by atoms with van der Waals surface area (Å²) < 4.78 is 25.9. The van der Waals surface area contributed by atoms with Crippen LogP contribution in [0.25, 0.3) is 0 Å². The Labute approximate surface area is 106 Å². The van der Waals surface area contributed by atoms with E-state index in [2.05, 4.69) is 26.1 Å². The quantitative estimate of drug-likeness (QED) is 0.892. The Hall–Kier alpha value is -0.530. The molecule has 1 saturated heterocycles. The number of nitrogens with zero attached hydrogens (tertiary/aromatic N) is 2. The fourth-order valence-corrected chi connectivity index (χ4v) is 2.30. The second-order valence-electron chi connectivity index (χ2n) is 4.42. The van der Waals surface area contributed by atoms with E-state index in [1.807, 2.05) is 6.92 Å². The molecule has 1 aromatic heterocycles. The van der Waals surface area contributed by atoms with E-state index in [0.29, 0.717) is 18.7 Å². The molecule has 1 atom stereocenters. The molecule has 0 radical (unpaired) electrons. The predicted octanol–water partition coefficient (Wildman–Crippen LogP) is 1.86. The largest absolute Gasteiger partial charge is 0.387 e. The molecule has 0 amide bonds. The summed E-state index contributed by atoms with van der Waals surface area (Å²) in [5.74, 6) is -2.55. The number of rotatable bonds is 4. The molecule has 2 N–H and O–H groups in total. The van der Waals surface area contributed by atoms with Crippen LogP contribution in [0, 0.1) is 6.92 Å². The number of H-pyrrole nitrogens is 1. The number of aromatic nitrogens is 2. The summed E-state index contributed by atoms with van der Waals surface area (Å²) in [6, 6.07) is 0. The Morgan fingerprint density at radius 1 is 1.59 bits per heavy atom. The molecular weight excluding hydrogens is 296 g/mol. The molecule has 7 heteroatoms. The maximum Gasteiger partial charge on any atom is 0.272 e. The van der Waals surface area contributed by atoms with E-state index in [9.17, 15) is 13.9 Å². The minimum absolute atomic E-state index is 0.208.